The number of alkyl halides is 3. The van der Waals surface area contributed by atoms with Gasteiger partial charge in [-0.05, 0) is 73.6 Å². The second-order valence-electron chi connectivity index (χ2n) is 9.17. The van der Waals surface area contributed by atoms with Crippen LogP contribution in [0.15, 0.2) is 42.5 Å². The van der Waals surface area contributed by atoms with Crippen LogP contribution in [0, 0.1) is 19.7 Å². The third-order valence-corrected chi connectivity index (χ3v) is 7.30. The first-order valence-corrected chi connectivity index (χ1v) is 12.7. The van der Waals surface area contributed by atoms with Crippen molar-refractivity contribution < 1.29 is 27.2 Å². The number of nitrogens with zero attached hydrogens (tertiary/aromatic N) is 3. The lowest BCUT2D eigenvalue weighted by Crippen LogP contribution is -2.47. The van der Waals surface area contributed by atoms with Gasteiger partial charge in [0.05, 0.1) is 11.3 Å². The van der Waals surface area contributed by atoms with E-state index in [-0.39, 0.29) is 22.2 Å². The lowest BCUT2D eigenvalue weighted by atomic mass is 9.94. The van der Waals surface area contributed by atoms with Crippen LogP contribution in [0.1, 0.15) is 70.2 Å². The molecule has 1 aliphatic rings. The van der Waals surface area contributed by atoms with Crippen molar-refractivity contribution in [1.82, 2.24) is 14.9 Å². The summed E-state index contributed by atoms with van der Waals surface area (Å²) in [6.07, 6.45) is -0.344. The van der Waals surface area contributed by atoms with Gasteiger partial charge in [-0.25, -0.2) is 4.39 Å². The normalized spacial score (nSPS) is 15.3. The zero-order valence-corrected chi connectivity index (χ0v) is 21.1. The fraction of sp³-hybridized carbons (Fsp3) is 0.385. The molecule has 0 bridgehead atoms. The maximum Gasteiger partial charge on any atom is 0.416 e. The van der Waals surface area contributed by atoms with E-state index in [0.717, 1.165) is 66.7 Å². The molecule has 2 amide bonds. The summed E-state index contributed by atoms with van der Waals surface area (Å²) in [7, 11) is 0. The summed E-state index contributed by atoms with van der Waals surface area (Å²) in [5.74, 6) is -1.97. The second-order valence-corrected chi connectivity index (χ2v) is 9.92. The number of hydrogen-bond donors (Lipinski definition) is 1. The first-order valence-electron chi connectivity index (χ1n) is 11.9. The highest BCUT2D eigenvalue weighted by Crippen LogP contribution is 2.36. The largest absolute Gasteiger partial charge is 0.416 e. The van der Waals surface area contributed by atoms with Crippen LogP contribution in [-0.4, -0.2) is 27.4 Å². The Morgan fingerprint density at radius 3 is 2.43 bits per heavy atom. The molecule has 1 N–H and O–H groups in total. The van der Waals surface area contributed by atoms with E-state index in [0.29, 0.717) is 11.3 Å². The van der Waals surface area contributed by atoms with Crippen molar-refractivity contribution in [2.24, 2.45) is 0 Å². The van der Waals surface area contributed by atoms with Crippen LogP contribution in [0.4, 0.5) is 23.2 Å². The molecule has 1 unspecified atom stereocenters. The molecule has 1 aromatic heterocycles. The van der Waals surface area contributed by atoms with Gasteiger partial charge in [0.25, 0.3) is 5.91 Å². The molecule has 0 aliphatic heterocycles. The van der Waals surface area contributed by atoms with Crippen LogP contribution >= 0.6 is 11.5 Å². The summed E-state index contributed by atoms with van der Waals surface area (Å²) >= 11 is 0.798. The fourth-order valence-corrected chi connectivity index (χ4v) is 5.08. The zero-order chi connectivity index (χ0) is 26.7. The van der Waals surface area contributed by atoms with Crippen LogP contribution in [0.3, 0.4) is 0 Å². The number of hydrogen-bond acceptors (Lipinski definition) is 5. The Labute approximate surface area is 215 Å². The molecule has 3 aromatic rings. The predicted molar refractivity (Wildman–Crippen MR) is 132 cm³/mol. The number of aromatic nitrogens is 2. The Hall–Kier alpha value is -3.34. The summed E-state index contributed by atoms with van der Waals surface area (Å²) in [4.78, 5) is 28.8. The van der Waals surface area contributed by atoms with Crippen LogP contribution < -0.4 is 10.2 Å². The topological polar surface area (TPSA) is 75.2 Å². The van der Waals surface area contributed by atoms with E-state index in [2.05, 4.69) is 14.9 Å². The average molecular weight is 535 g/mol. The number of amides is 2. The SMILES string of the molecule is Cc1ccc(N(C(=O)c2snnc2C)C(C(=O)NC2CCCCC2)c2cccc(C(F)(F)F)c2)cc1F. The van der Waals surface area contributed by atoms with Crippen molar-refractivity contribution in [3.63, 3.8) is 0 Å². The molecule has 0 saturated heterocycles. The number of rotatable bonds is 6. The van der Waals surface area contributed by atoms with Crippen molar-refractivity contribution in [3.8, 4) is 0 Å². The molecule has 37 heavy (non-hydrogen) atoms. The van der Waals surface area contributed by atoms with Crippen LogP contribution in [-0.2, 0) is 11.0 Å². The Morgan fingerprint density at radius 2 is 1.81 bits per heavy atom. The maximum atomic E-state index is 14.7. The summed E-state index contributed by atoms with van der Waals surface area (Å²) in [5, 5.41) is 6.79. The number of halogens is 4. The molecular weight excluding hydrogens is 508 g/mol. The van der Waals surface area contributed by atoms with Crippen LogP contribution in [0.5, 0.6) is 0 Å². The second kappa shape index (κ2) is 11.0. The number of anilines is 1. The summed E-state index contributed by atoms with van der Waals surface area (Å²) in [6, 6.07) is 6.65. The molecule has 0 spiro atoms. The summed E-state index contributed by atoms with van der Waals surface area (Å²) in [5.41, 5.74) is -0.370. The van der Waals surface area contributed by atoms with E-state index in [1.807, 2.05) is 0 Å². The highest BCUT2D eigenvalue weighted by Gasteiger charge is 2.38. The number of carbonyl (C=O) groups is 2. The number of benzene rings is 2. The summed E-state index contributed by atoms with van der Waals surface area (Å²) in [6.45, 7) is 3.11. The highest BCUT2D eigenvalue weighted by molar-refractivity contribution is 7.08. The van der Waals surface area contributed by atoms with E-state index in [1.54, 1.807) is 13.8 Å². The van der Waals surface area contributed by atoms with Crippen LogP contribution in [0.25, 0.3) is 0 Å². The summed E-state index contributed by atoms with van der Waals surface area (Å²) < 4.78 is 59.3. The van der Waals surface area contributed by atoms with Gasteiger partial charge >= 0.3 is 6.18 Å². The van der Waals surface area contributed by atoms with E-state index < -0.39 is 35.4 Å². The van der Waals surface area contributed by atoms with Crippen LogP contribution in [0.2, 0.25) is 0 Å². The molecular formula is C26H26F4N4O2S. The molecule has 196 valence electrons. The fourth-order valence-electron chi connectivity index (χ4n) is 4.48. The van der Waals surface area contributed by atoms with E-state index in [4.69, 9.17) is 0 Å². The number of aryl methyl sites for hydroxylation is 2. The van der Waals surface area contributed by atoms with Gasteiger partial charge in [-0.3, -0.25) is 14.5 Å². The lowest BCUT2D eigenvalue weighted by molar-refractivity contribution is -0.137. The molecule has 1 heterocycles. The third-order valence-electron chi connectivity index (χ3n) is 6.49. The Kier molecular flexibility index (Phi) is 7.91. The highest BCUT2D eigenvalue weighted by atomic mass is 32.1. The molecule has 1 aliphatic carbocycles. The molecule has 11 heteroatoms. The Balaban J connectivity index is 1.88. The van der Waals surface area contributed by atoms with Gasteiger partial charge in [0, 0.05) is 11.7 Å². The molecule has 6 nitrogen and oxygen atoms in total. The van der Waals surface area contributed by atoms with Gasteiger partial charge in [0.1, 0.15) is 16.7 Å². The quantitative estimate of drug-likeness (QED) is 0.385. The lowest BCUT2D eigenvalue weighted by Gasteiger charge is -2.33. The van der Waals surface area contributed by atoms with Gasteiger partial charge in [-0.2, -0.15) is 13.2 Å². The van der Waals surface area contributed by atoms with Crippen molar-refractivity contribution in [3.05, 3.63) is 75.5 Å². The molecule has 2 aromatic carbocycles. The minimum Gasteiger partial charge on any atom is -0.351 e. The molecule has 0 radical (unpaired) electrons. The Morgan fingerprint density at radius 1 is 1.08 bits per heavy atom. The van der Waals surface area contributed by atoms with Gasteiger partial charge in [0.2, 0.25) is 5.91 Å². The number of nitrogens with one attached hydrogen (secondary N) is 1. The van der Waals surface area contributed by atoms with Crippen molar-refractivity contribution in [1.29, 1.82) is 0 Å². The van der Waals surface area contributed by atoms with Gasteiger partial charge < -0.3 is 5.32 Å². The molecule has 4 rings (SSSR count). The molecule has 1 atom stereocenters. The minimum absolute atomic E-state index is 0.0297. The van der Waals surface area contributed by atoms with Crippen molar-refractivity contribution >= 4 is 29.0 Å². The third kappa shape index (κ3) is 5.98. The predicted octanol–water partition coefficient (Wildman–Crippen LogP) is 6.15. The average Bonchev–Trinajstić information content (AvgIpc) is 3.30. The minimum atomic E-state index is -4.66. The standard InChI is InChI=1S/C26H26F4N4O2S/c1-15-11-12-20(14-21(15)27)34(25(36)23-16(2)32-33-37-23)22(24(35)31-19-9-4-3-5-10-19)17-7-6-8-18(13-17)26(28,29)30/h6-8,11-14,19,22H,3-5,9-10H2,1-2H3,(H,31,35). The van der Waals surface area contributed by atoms with E-state index in [9.17, 15) is 27.2 Å². The monoisotopic (exact) mass is 534 g/mol. The first kappa shape index (κ1) is 26.7. The zero-order valence-electron chi connectivity index (χ0n) is 20.3. The smallest absolute Gasteiger partial charge is 0.351 e. The first-order chi connectivity index (χ1) is 17.6. The molecule has 1 fully saturated rings. The number of carbonyl (C=O) groups excluding carboxylic acids is 2. The van der Waals surface area contributed by atoms with Crippen molar-refractivity contribution in [2.75, 3.05) is 4.90 Å². The van der Waals surface area contributed by atoms with Gasteiger partial charge in [0.15, 0.2) is 0 Å². The van der Waals surface area contributed by atoms with Gasteiger partial charge in [-0.15, -0.1) is 5.10 Å². The Bertz CT molecular complexity index is 1290. The van der Waals surface area contributed by atoms with Gasteiger partial charge in [-0.1, -0.05) is 41.9 Å². The van der Waals surface area contributed by atoms with E-state index >= 15 is 0 Å². The molecule has 1 saturated carbocycles. The van der Waals surface area contributed by atoms with E-state index in [1.165, 1.54) is 24.3 Å². The maximum absolute atomic E-state index is 14.7. The van der Waals surface area contributed by atoms with Crippen molar-refractivity contribution in [2.45, 2.75) is 64.2 Å².